The van der Waals surface area contributed by atoms with Crippen molar-refractivity contribution in [3.8, 4) is 6.07 Å². The van der Waals surface area contributed by atoms with Crippen LogP contribution in [-0.2, 0) is 18.8 Å². The van der Waals surface area contributed by atoms with Gasteiger partial charge in [0.15, 0.2) is 5.56 Å². The maximum atomic E-state index is 12.1. The molecule has 1 aliphatic heterocycles. The van der Waals surface area contributed by atoms with Gasteiger partial charge in [-0.1, -0.05) is 13.8 Å². The molecule has 1 aromatic heterocycles. The van der Waals surface area contributed by atoms with E-state index in [-0.39, 0.29) is 17.4 Å². The van der Waals surface area contributed by atoms with Gasteiger partial charge in [-0.15, -0.1) is 0 Å². The van der Waals surface area contributed by atoms with Gasteiger partial charge < -0.3 is 10.1 Å². The quantitative estimate of drug-likeness (QED) is 0.796. The van der Waals surface area contributed by atoms with Gasteiger partial charge in [0, 0.05) is 39.8 Å². The van der Waals surface area contributed by atoms with Crippen LogP contribution >= 0.6 is 0 Å². The Morgan fingerprint density at radius 3 is 2.38 bits per heavy atom. The Morgan fingerprint density at radius 1 is 1.21 bits per heavy atom. The minimum Gasteiger partial charge on any atom is -0.379 e. The molecule has 1 atom stereocenters. The van der Waals surface area contributed by atoms with Crippen LogP contribution in [0.3, 0.4) is 0 Å². The zero-order chi connectivity index (χ0) is 17.9. The molecule has 2 rings (SSSR count). The second kappa shape index (κ2) is 7.64. The Morgan fingerprint density at radius 2 is 1.83 bits per heavy atom. The summed E-state index contributed by atoms with van der Waals surface area (Å²) in [5.74, 6) is 0.661. The van der Waals surface area contributed by atoms with Crippen LogP contribution in [0.4, 0.5) is 5.82 Å². The highest BCUT2D eigenvalue weighted by Gasteiger charge is 2.25. The standard InChI is InChI=1S/C16H25N5O3/c1-11(2)13(21-5-7-24-8-6-21)10-18-14-12(9-17)15(22)20(4)16(23)19(14)3/h11,13,18H,5-8,10H2,1-4H3/t13-/m0/s1. The first-order chi connectivity index (χ1) is 11.4. The van der Waals surface area contributed by atoms with E-state index in [1.807, 2.05) is 6.07 Å². The van der Waals surface area contributed by atoms with Crippen LogP contribution < -0.4 is 16.6 Å². The molecule has 0 aromatic carbocycles. The lowest BCUT2D eigenvalue weighted by molar-refractivity contribution is 0.00951. The van der Waals surface area contributed by atoms with Gasteiger partial charge in [-0.25, -0.2) is 4.79 Å². The van der Waals surface area contributed by atoms with Crippen LogP contribution in [0.2, 0.25) is 0 Å². The number of nitrogens with zero attached hydrogens (tertiary/aromatic N) is 4. The molecular formula is C16H25N5O3. The number of nitriles is 1. The van der Waals surface area contributed by atoms with Gasteiger partial charge in [0.2, 0.25) is 0 Å². The van der Waals surface area contributed by atoms with Crippen LogP contribution in [0.15, 0.2) is 9.59 Å². The summed E-state index contributed by atoms with van der Waals surface area (Å²) >= 11 is 0. The molecule has 1 N–H and O–H groups in total. The molecule has 0 spiro atoms. The lowest BCUT2D eigenvalue weighted by Gasteiger charge is -2.37. The Bertz CT molecular complexity index is 738. The Kier molecular flexibility index (Phi) is 5.80. The van der Waals surface area contributed by atoms with Crippen LogP contribution in [0.25, 0.3) is 0 Å². The van der Waals surface area contributed by atoms with Gasteiger partial charge in [0.05, 0.1) is 13.2 Å². The minimum atomic E-state index is -0.574. The fourth-order valence-corrected chi connectivity index (χ4v) is 3.05. The molecule has 1 aliphatic rings. The zero-order valence-electron chi connectivity index (χ0n) is 14.7. The normalized spacial score (nSPS) is 16.8. The van der Waals surface area contributed by atoms with Crippen LogP contribution in [0.5, 0.6) is 0 Å². The lowest BCUT2D eigenvalue weighted by atomic mass is 10.0. The molecule has 1 fully saturated rings. The van der Waals surface area contributed by atoms with Crippen molar-refractivity contribution in [2.75, 3.05) is 38.2 Å². The molecule has 0 aliphatic carbocycles. The summed E-state index contributed by atoms with van der Waals surface area (Å²) in [6, 6.07) is 2.14. The van der Waals surface area contributed by atoms with E-state index in [4.69, 9.17) is 4.74 Å². The maximum absolute atomic E-state index is 12.1. The fraction of sp³-hybridized carbons (Fsp3) is 0.688. The first kappa shape index (κ1) is 18.2. The van der Waals surface area contributed by atoms with E-state index in [2.05, 4.69) is 24.1 Å². The molecule has 24 heavy (non-hydrogen) atoms. The summed E-state index contributed by atoms with van der Waals surface area (Å²) < 4.78 is 7.66. The smallest absolute Gasteiger partial charge is 0.332 e. The average Bonchev–Trinajstić information content (AvgIpc) is 2.58. The highest BCUT2D eigenvalue weighted by Crippen LogP contribution is 2.15. The summed E-state index contributed by atoms with van der Waals surface area (Å²) in [4.78, 5) is 26.6. The third-order valence-electron chi connectivity index (χ3n) is 4.54. The number of hydrogen-bond acceptors (Lipinski definition) is 6. The third kappa shape index (κ3) is 3.52. The number of ether oxygens (including phenoxy) is 1. The monoisotopic (exact) mass is 335 g/mol. The number of hydrogen-bond donors (Lipinski definition) is 1. The predicted molar refractivity (Wildman–Crippen MR) is 91.1 cm³/mol. The first-order valence-electron chi connectivity index (χ1n) is 8.14. The number of nitrogens with one attached hydrogen (secondary N) is 1. The topological polar surface area (TPSA) is 92.3 Å². The van der Waals surface area contributed by atoms with Gasteiger partial charge in [-0.05, 0) is 5.92 Å². The summed E-state index contributed by atoms with van der Waals surface area (Å²) in [6.07, 6.45) is 0. The molecule has 0 amide bonds. The first-order valence-corrected chi connectivity index (χ1v) is 8.14. The van der Waals surface area contributed by atoms with E-state index in [0.29, 0.717) is 25.7 Å². The summed E-state index contributed by atoms with van der Waals surface area (Å²) in [5, 5.41) is 12.5. The molecular weight excluding hydrogens is 310 g/mol. The van der Waals surface area contributed by atoms with E-state index in [9.17, 15) is 14.9 Å². The largest absolute Gasteiger partial charge is 0.379 e. The van der Waals surface area contributed by atoms with E-state index < -0.39 is 11.2 Å². The van der Waals surface area contributed by atoms with Crippen molar-refractivity contribution in [3.63, 3.8) is 0 Å². The number of aromatic nitrogens is 2. The maximum Gasteiger partial charge on any atom is 0.332 e. The Labute approximate surface area is 141 Å². The molecule has 0 bridgehead atoms. The fourth-order valence-electron chi connectivity index (χ4n) is 3.05. The molecule has 1 saturated heterocycles. The molecule has 1 aromatic rings. The van der Waals surface area contributed by atoms with Crippen molar-refractivity contribution in [2.24, 2.45) is 20.0 Å². The average molecular weight is 335 g/mol. The van der Waals surface area contributed by atoms with E-state index in [0.717, 1.165) is 17.7 Å². The lowest BCUT2D eigenvalue weighted by Crippen LogP contribution is -2.49. The van der Waals surface area contributed by atoms with E-state index in [1.54, 1.807) is 7.05 Å². The third-order valence-corrected chi connectivity index (χ3v) is 4.54. The molecule has 2 heterocycles. The molecule has 8 nitrogen and oxygen atoms in total. The highest BCUT2D eigenvalue weighted by atomic mass is 16.5. The summed E-state index contributed by atoms with van der Waals surface area (Å²) in [7, 11) is 2.93. The molecule has 0 saturated carbocycles. The second-order valence-electron chi connectivity index (χ2n) is 6.38. The summed E-state index contributed by atoms with van der Waals surface area (Å²) in [5.41, 5.74) is -1.06. The van der Waals surface area contributed by atoms with Gasteiger partial charge in [-0.3, -0.25) is 18.8 Å². The second-order valence-corrected chi connectivity index (χ2v) is 6.38. The predicted octanol–water partition coefficient (Wildman–Crippen LogP) is -0.276. The van der Waals surface area contributed by atoms with Gasteiger partial charge in [0.1, 0.15) is 11.9 Å². The molecule has 0 unspecified atom stereocenters. The van der Waals surface area contributed by atoms with Crippen molar-refractivity contribution in [3.05, 3.63) is 26.4 Å². The van der Waals surface area contributed by atoms with E-state index >= 15 is 0 Å². The van der Waals surface area contributed by atoms with Crippen LogP contribution in [0, 0.1) is 17.2 Å². The zero-order valence-corrected chi connectivity index (χ0v) is 14.7. The molecule has 0 radical (unpaired) electrons. The number of anilines is 1. The van der Waals surface area contributed by atoms with Gasteiger partial charge in [-0.2, -0.15) is 5.26 Å². The van der Waals surface area contributed by atoms with Gasteiger partial charge in [0.25, 0.3) is 5.56 Å². The van der Waals surface area contributed by atoms with Crippen molar-refractivity contribution in [2.45, 2.75) is 19.9 Å². The van der Waals surface area contributed by atoms with Crippen molar-refractivity contribution in [1.29, 1.82) is 5.26 Å². The van der Waals surface area contributed by atoms with Gasteiger partial charge >= 0.3 is 5.69 Å². The van der Waals surface area contributed by atoms with Crippen molar-refractivity contribution < 1.29 is 4.74 Å². The van der Waals surface area contributed by atoms with E-state index in [1.165, 1.54) is 11.6 Å². The minimum absolute atomic E-state index is 0.0379. The highest BCUT2D eigenvalue weighted by molar-refractivity contribution is 5.51. The summed E-state index contributed by atoms with van der Waals surface area (Å²) in [6.45, 7) is 7.93. The van der Waals surface area contributed by atoms with Crippen molar-refractivity contribution >= 4 is 5.82 Å². The Balaban J connectivity index is 2.28. The Hall–Kier alpha value is -2.11. The molecule has 132 valence electrons. The van der Waals surface area contributed by atoms with Crippen molar-refractivity contribution in [1.82, 2.24) is 14.0 Å². The SMILES string of the molecule is CC(C)[C@H](CNc1c(C#N)c(=O)n(C)c(=O)n1C)N1CCOCC1. The van der Waals surface area contributed by atoms with Crippen LogP contribution in [0.1, 0.15) is 19.4 Å². The van der Waals surface area contributed by atoms with Crippen LogP contribution in [-0.4, -0.2) is 52.9 Å². The number of morpholine rings is 1. The number of rotatable bonds is 5. The molecule has 8 heteroatoms.